The van der Waals surface area contributed by atoms with Crippen molar-refractivity contribution in [2.45, 2.75) is 39.7 Å². The first kappa shape index (κ1) is 16.4. The Morgan fingerprint density at radius 3 is 2.50 bits per heavy atom. The van der Waals surface area contributed by atoms with Crippen molar-refractivity contribution in [3.8, 4) is 0 Å². The van der Waals surface area contributed by atoms with Crippen LogP contribution in [-0.2, 0) is 11.2 Å². The molecule has 0 aliphatic carbocycles. The molecule has 1 aromatic carbocycles. The minimum absolute atomic E-state index is 0.0783. The Morgan fingerprint density at radius 2 is 1.90 bits per heavy atom. The van der Waals surface area contributed by atoms with E-state index in [1.54, 1.807) is 0 Å². The van der Waals surface area contributed by atoms with Crippen molar-refractivity contribution < 1.29 is 4.79 Å². The van der Waals surface area contributed by atoms with Crippen LogP contribution in [-0.4, -0.2) is 23.1 Å². The number of benzene rings is 1. The third kappa shape index (κ3) is 6.02. The standard InChI is InChI=1S/C15H23N3OS/c1-5-11-8-6-7-9-12(11)17-14(20)16-10-13(19)18-15(2,3)4/h6-9H,5,10H2,1-4H3,(H,18,19)(H2,16,17,20). The second kappa shape index (κ2) is 7.24. The highest BCUT2D eigenvalue weighted by molar-refractivity contribution is 7.80. The molecule has 3 N–H and O–H groups in total. The summed E-state index contributed by atoms with van der Waals surface area (Å²) in [5.74, 6) is -0.0783. The molecule has 0 heterocycles. The summed E-state index contributed by atoms with van der Waals surface area (Å²) in [5.41, 5.74) is 1.93. The monoisotopic (exact) mass is 293 g/mol. The van der Waals surface area contributed by atoms with Crippen molar-refractivity contribution >= 4 is 28.9 Å². The van der Waals surface area contributed by atoms with Crippen molar-refractivity contribution in [2.24, 2.45) is 0 Å². The molecule has 4 nitrogen and oxygen atoms in total. The molecule has 0 saturated carbocycles. The van der Waals surface area contributed by atoms with Gasteiger partial charge in [-0.1, -0.05) is 25.1 Å². The Labute approximate surface area is 126 Å². The fraction of sp³-hybridized carbons (Fsp3) is 0.467. The number of hydrogen-bond donors (Lipinski definition) is 3. The highest BCUT2D eigenvalue weighted by Gasteiger charge is 2.13. The van der Waals surface area contributed by atoms with Gasteiger partial charge in [0.2, 0.25) is 5.91 Å². The van der Waals surface area contributed by atoms with Gasteiger partial charge in [0.25, 0.3) is 0 Å². The average Bonchev–Trinajstić information content (AvgIpc) is 2.35. The topological polar surface area (TPSA) is 53.2 Å². The zero-order chi connectivity index (χ0) is 15.2. The minimum Gasteiger partial charge on any atom is -0.353 e. The number of aryl methyl sites for hydroxylation is 1. The lowest BCUT2D eigenvalue weighted by molar-refractivity contribution is -0.121. The van der Waals surface area contributed by atoms with Crippen LogP contribution in [0.4, 0.5) is 5.69 Å². The maximum atomic E-state index is 11.7. The quantitative estimate of drug-likeness (QED) is 0.746. The summed E-state index contributed by atoms with van der Waals surface area (Å²) >= 11 is 5.20. The van der Waals surface area contributed by atoms with E-state index in [0.717, 1.165) is 12.1 Å². The molecular formula is C15H23N3OS. The van der Waals surface area contributed by atoms with Crippen LogP contribution in [0.25, 0.3) is 0 Å². The van der Waals surface area contributed by atoms with E-state index < -0.39 is 0 Å². The Morgan fingerprint density at radius 1 is 1.25 bits per heavy atom. The number of carbonyl (C=O) groups excluding carboxylic acids is 1. The SMILES string of the molecule is CCc1ccccc1NC(=S)NCC(=O)NC(C)(C)C. The van der Waals surface area contributed by atoms with Crippen molar-refractivity contribution in [3.05, 3.63) is 29.8 Å². The smallest absolute Gasteiger partial charge is 0.239 e. The first-order chi connectivity index (χ1) is 9.31. The van der Waals surface area contributed by atoms with Crippen LogP contribution < -0.4 is 16.0 Å². The number of amides is 1. The highest BCUT2D eigenvalue weighted by atomic mass is 32.1. The van der Waals surface area contributed by atoms with E-state index in [-0.39, 0.29) is 18.0 Å². The lowest BCUT2D eigenvalue weighted by Gasteiger charge is -2.21. The van der Waals surface area contributed by atoms with Crippen LogP contribution in [0, 0.1) is 0 Å². The van der Waals surface area contributed by atoms with E-state index in [4.69, 9.17) is 12.2 Å². The molecule has 0 unspecified atom stereocenters. The van der Waals surface area contributed by atoms with E-state index in [1.807, 2.05) is 39.0 Å². The van der Waals surface area contributed by atoms with Crippen LogP contribution >= 0.6 is 12.2 Å². The van der Waals surface area contributed by atoms with Crippen molar-refractivity contribution in [1.82, 2.24) is 10.6 Å². The molecule has 0 aromatic heterocycles. The number of rotatable bonds is 4. The Kier molecular flexibility index (Phi) is 5.95. The Hall–Kier alpha value is -1.62. The van der Waals surface area contributed by atoms with Crippen LogP contribution in [0.3, 0.4) is 0 Å². The Bertz CT molecular complexity index is 480. The number of nitrogens with one attached hydrogen (secondary N) is 3. The molecule has 1 aromatic rings. The molecule has 1 rings (SSSR count). The van der Waals surface area contributed by atoms with Gasteiger partial charge in [0, 0.05) is 11.2 Å². The zero-order valence-electron chi connectivity index (χ0n) is 12.5. The van der Waals surface area contributed by atoms with E-state index in [1.165, 1.54) is 5.56 Å². The average molecular weight is 293 g/mol. The van der Waals surface area contributed by atoms with E-state index in [2.05, 4.69) is 28.9 Å². The van der Waals surface area contributed by atoms with Crippen LogP contribution in [0.15, 0.2) is 24.3 Å². The molecule has 0 spiro atoms. The van der Waals surface area contributed by atoms with Crippen LogP contribution in [0.2, 0.25) is 0 Å². The summed E-state index contributed by atoms with van der Waals surface area (Å²) in [4.78, 5) is 11.7. The number of thiocarbonyl (C=S) groups is 1. The third-order valence-corrected chi connectivity index (χ3v) is 2.82. The number of anilines is 1. The minimum atomic E-state index is -0.234. The van der Waals surface area contributed by atoms with Crippen LogP contribution in [0.1, 0.15) is 33.3 Å². The summed E-state index contributed by atoms with van der Waals surface area (Å²) in [6, 6.07) is 7.98. The van der Waals surface area contributed by atoms with E-state index in [9.17, 15) is 4.79 Å². The maximum absolute atomic E-state index is 11.7. The van der Waals surface area contributed by atoms with Crippen molar-refractivity contribution in [2.75, 3.05) is 11.9 Å². The van der Waals surface area contributed by atoms with Gasteiger partial charge in [0.05, 0.1) is 6.54 Å². The lowest BCUT2D eigenvalue weighted by atomic mass is 10.1. The van der Waals surface area contributed by atoms with Gasteiger partial charge >= 0.3 is 0 Å². The third-order valence-electron chi connectivity index (χ3n) is 2.57. The van der Waals surface area contributed by atoms with Gasteiger partial charge < -0.3 is 16.0 Å². The number of para-hydroxylation sites is 1. The summed E-state index contributed by atoms with van der Waals surface area (Å²) in [5, 5.41) is 9.36. The summed E-state index contributed by atoms with van der Waals surface area (Å²) in [7, 11) is 0. The fourth-order valence-electron chi connectivity index (χ4n) is 1.74. The second-order valence-corrected chi connectivity index (χ2v) is 6.02. The predicted octanol–water partition coefficient (Wildman–Crippen LogP) is 2.45. The molecule has 0 bridgehead atoms. The first-order valence-electron chi connectivity index (χ1n) is 6.75. The van der Waals surface area contributed by atoms with Gasteiger partial charge in [-0.15, -0.1) is 0 Å². The van der Waals surface area contributed by atoms with E-state index >= 15 is 0 Å². The van der Waals surface area contributed by atoms with Gasteiger partial charge in [-0.25, -0.2) is 0 Å². The number of hydrogen-bond acceptors (Lipinski definition) is 2. The lowest BCUT2D eigenvalue weighted by Crippen LogP contribution is -2.46. The molecule has 0 saturated heterocycles. The largest absolute Gasteiger partial charge is 0.353 e. The molecule has 5 heteroatoms. The first-order valence-corrected chi connectivity index (χ1v) is 7.16. The molecule has 0 fully saturated rings. The van der Waals surface area contributed by atoms with Gasteiger partial charge in [-0.2, -0.15) is 0 Å². The Balaban J connectivity index is 2.46. The highest BCUT2D eigenvalue weighted by Crippen LogP contribution is 2.14. The summed E-state index contributed by atoms with van der Waals surface area (Å²) in [6.45, 7) is 8.09. The van der Waals surface area contributed by atoms with Gasteiger partial charge in [-0.3, -0.25) is 4.79 Å². The maximum Gasteiger partial charge on any atom is 0.239 e. The molecule has 0 aliphatic heterocycles. The summed E-state index contributed by atoms with van der Waals surface area (Å²) in [6.07, 6.45) is 0.927. The molecule has 0 radical (unpaired) electrons. The van der Waals surface area contributed by atoms with E-state index in [0.29, 0.717) is 5.11 Å². The van der Waals surface area contributed by atoms with Crippen molar-refractivity contribution in [3.63, 3.8) is 0 Å². The normalized spacial score (nSPS) is 10.8. The molecule has 0 aliphatic rings. The molecule has 20 heavy (non-hydrogen) atoms. The van der Waals surface area contributed by atoms with Gasteiger partial charge in [-0.05, 0) is 51.0 Å². The predicted molar refractivity (Wildman–Crippen MR) is 87.9 cm³/mol. The molecular weight excluding hydrogens is 270 g/mol. The second-order valence-electron chi connectivity index (χ2n) is 5.62. The zero-order valence-corrected chi connectivity index (χ0v) is 13.4. The molecule has 1 amide bonds. The van der Waals surface area contributed by atoms with Crippen molar-refractivity contribution in [1.29, 1.82) is 0 Å². The van der Waals surface area contributed by atoms with Crippen LogP contribution in [0.5, 0.6) is 0 Å². The molecule has 110 valence electrons. The summed E-state index contributed by atoms with van der Waals surface area (Å²) < 4.78 is 0. The van der Waals surface area contributed by atoms with Gasteiger partial charge in [0.15, 0.2) is 5.11 Å². The molecule has 0 atom stereocenters. The number of carbonyl (C=O) groups is 1. The van der Waals surface area contributed by atoms with Gasteiger partial charge in [0.1, 0.15) is 0 Å². The fourth-order valence-corrected chi connectivity index (χ4v) is 1.92.